The Hall–Kier alpha value is -1.10. The highest BCUT2D eigenvalue weighted by Crippen LogP contribution is 2.31. The third-order valence-corrected chi connectivity index (χ3v) is 3.94. The molecule has 104 valence electrons. The molecule has 1 fully saturated rings. The molecule has 0 bridgehead atoms. The van der Waals surface area contributed by atoms with Crippen molar-refractivity contribution in [1.29, 1.82) is 0 Å². The second-order valence-corrected chi connectivity index (χ2v) is 5.10. The summed E-state index contributed by atoms with van der Waals surface area (Å²) < 4.78 is 5.30. The lowest BCUT2D eigenvalue weighted by Gasteiger charge is -2.35. The minimum absolute atomic E-state index is 0. The van der Waals surface area contributed by atoms with Gasteiger partial charge in [0.25, 0.3) is 0 Å². The van der Waals surface area contributed by atoms with Gasteiger partial charge >= 0.3 is 0 Å². The average molecular weight is 283 g/mol. The number of fused-ring (bicyclic) bond motifs is 1. The fraction of sp³-hybridized carbons (Fsp3) is 0.500. The molecule has 19 heavy (non-hydrogen) atoms. The third-order valence-electron chi connectivity index (χ3n) is 3.94. The van der Waals surface area contributed by atoms with Gasteiger partial charge in [0.1, 0.15) is 5.54 Å². The van der Waals surface area contributed by atoms with Crippen molar-refractivity contribution in [2.24, 2.45) is 5.73 Å². The quantitative estimate of drug-likeness (QED) is 0.849. The van der Waals surface area contributed by atoms with Gasteiger partial charge in [0.05, 0.1) is 0 Å². The fourth-order valence-electron chi connectivity index (χ4n) is 2.77. The third kappa shape index (κ3) is 2.48. The molecule has 2 N–H and O–H groups in total. The molecule has 3 rings (SSSR count). The van der Waals surface area contributed by atoms with Gasteiger partial charge in [0.2, 0.25) is 5.91 Å². The second kappa shape index (κ2) is 5.49. The SMILES string of the molecule is Cl.NC1(C(=O)N2CCc3ccccc32)CCOCC1. The number of hydrogen-bond donors (Lipinski definition) is 1. The summed E-state index contributed by atoms with van der Waals surface area (Å²) in [7, 11) is 0. The average Bonchev–Trinajstić information content (AvgIpc) is 2.82. The van der Waals surface area contributed by atoms with Crippen molar-refractivity contribution in [2.45, 2.75) is 24.8 Å². The molecule has 4 nitrogen and oxygen atoms in total. The van der Waals surface area contributed by atoms with Crippen LogP contribution in [0.25, 0.3) is 0 Å². The molecular weight excluding hydrogens is 264 g/mol. The number of para-hydroxylation sites is 1. The Morgan fingerprint density at radius 2 is 1.95 bits per heavy atom. The maximum absolute atomic E-state index is 12.6. The highest BCUT2D eigenvalue weighted by atomic mass is 35.5. The van der Waals surface area contributed by atoms with Crippen molar-refractivity contribution in [3.63, 3.8) is 0 Å². The molecule has 0 aliphatic carbocycles. The number of carbonyl (C=O) groups excluding carboxylic acids is 1. The van der Waals surface area contributed by atoms with Gasteiger partial charge in [-0.15, -0.1) is 12.4 Å². The Labute approximate surface area is 119 Å². The summed E-state index contributed by atoms with van der Waals surface area (Å²) in [5.41, 5.74) is 7.79. The smallest absolute Gasteiger partial charge is 0.247 e. The van der Waals surface area contributed by atoms with Crippen LogP contribution in [0.5, 0.6) is 0 Å². The molecule has 0 unspecified atom stereocenters. The molecule has 5 heteroatoms. The highest BCUT2D eigenvalue weighted by molar-refractivity contribution is 6.01. The van der Waals surface area contributed by atoms with Crippen molar-refractivity contribution in [1.82, 2.24) is 0 Å². The van der Waals surface area contributed by atoms with Crippen LogP contribution in [0.3, 0.4) is 0 Å². The van der Waals surface area contributed by atoms with Crippen LogP contribution in [0.15, 0.2) is 24.3 Å². The molecule has 1 aromatic carbocycles. The Kier molecular flexibility index (Phi) is 4.13. The summed E-state index contributed by atoms with van der Waals surface area (Å²) in [6, 6.07) is 8.07. The zero-order chi connectivity index (χ0) is 12.6. The van der Waals surface area contributed by atoms with Crippen LogP contribution in [0, 0.1) is 0 Å². The lowest BCUT2D eigenvalue weighted by Crippen LogP contribution is -2.58. The van der Waals surface area contributed by atoms with Gasteiger partial charge in [-0.05, 0) is 30.9 Å². The predicted molar refractivity (Wildman–Crippen MR) is 76.7 cm³/mol. The minimum Gasteiger partial charge on any atom is -0.381 e. The fourth-order valence-corrected chi connectivity index (χ4v) is 2.77. The van der Waals surface area contributed by atoms with Crippen molar-refractivity contribution in [2.75, 3.05) is 24.7 Å². The lowest BCUT2D eigenvalue weighted by atomic mass is 9.89. The van der Waals surface area contributed by atoms with E-state index in [-0.39, 0.29) is 18.3 Å². The van der Waals surface area contributed by atoms with E-state index in [0.29, 0.717) is 26.1 Å². The number of hydrogen-bond acceptors (Lipinski definition) is 3. The van der Waals surface area contributed by atoms with Gasteiger partial charge in [0, 0.05) is 25.4 Å². The molecule has 0 atom stereocenters. The molecule has 0 saturated carbocycles. The minimum atomic E-state index is -0.740. The van der Waals surface area contributed by atoms with Gasteiger partial charge in [-0.3, -0.25) is 4.79 Å². The van der Waals surface area contributed by atoms with Crippen LogP contribution in [0.1, 0.15) is 18.4 Å². The second-order valence-electron chi connectivity index (χ2n) is 5.10. The molecule has 2 aliphatic heterocycles. The summed E-state index contributed by atoms with van der Waals surface area (Å²) in [5.74, 6) is 0.0516. The molecule has 1 saturated heterocycles. The van der Waals surface area contributed by atoms with E-state index in [0.717, 1.165) is 18.7 Å². The van der Waals surface area contributed by atoms with Crippen LogP contribution >= 0.6 is 12.4 Å². The summed E-state index contributed by atoms with van der Waals surface area (Å²) >= 11 is 0. The predicted octanol–water partition coefficient (Wildman–Crippen LogP) is 1.51. The van der Waals surface area contributed by atoms with Crippen LogP contribution in [-0.4, -0.2) is 31.2 Å². The number of nitrogens with zero attached hydrogens (tertiary/aromatic N) is 1. The molecule has 0 spiro atoms. The summed E-state index contributed by atoms with van der Waals surface area (Å²) in [5, 5.41) is 0. The van der Waals surface area contributed by atoms with Crippen molar-refractivity contribution in [3.05, 3.63) is 29.8 Å². The molecule has 0 aromatic heterocycles. The van der Waals surface area contributed by atoms with E-state index in [1.807, 2.05) is 23.1 Å². The number of benzene rings is 1. The molecule has 1 aromatic rings. The maximum atomic E-state index is 12.6. The van der Waals surface area contributed by atoms with Crippen LogP contribution in [0.2, 0.25) is 0 Å². The lowest BCUT2D eigenvalue weighted by molar-refractivity contribution is -0.126. The largest absolute Gasteiger partial charge is 0.381 e. The van der Waals surface area contributed by atoms with Gasteiger partial charge < -0.3 is 15.4 Å². The molecule has 2 heterocycles. The Bertz CT molecular complexity index is 472. The van der Waals surface area contributed by atoms with E-state index >= 15 is 0 Å². The highest BCUT2D eigenvalue weighted by Gasteiger charge is 2.40. The van der Waals surface area contributed by atoms with E-state index in [1.54, 1.807) is 0 Å². The van der Waals surface area contributed by atoms with Crippen molar-refractivity contribution in [3.8, 4) is 0 Å². The van der Waals surface area contributed by atoms with E-state index in [1.165, 1.54) is 5.56 Å². The van der Waals surface area contributed by atoms with Gasteiger partial charge in [-0.2, -0.15) is 0 Å². The van der Waals surface area contributed by atoms with Gasteiger partial charge in [-0.1, -0.05) is 18.2 Å². The molecule has 1 amide bonds. The first kappa shape index (κ1) is 14.3. The summed E-state index contributed by atoms with van der Waals surface area (Å²) in [4.78, 5) is 14.5. The standard InChI is InChI=1S/C14H18N2O2.ClH/c15-14(6-9-18-10-7-14)13(17)16-8-5-11-3-1-2-4-12(11)16;/h1-4H,5-10,15H2;1H. The van der Waals surface area contributed by atoms with Crippen LogP contribution in [0.4, 0.5) is 5.69 Å². The van der Waals surface area contributed by atoms with Gasteiger partial charge in [0.15, 0.2) is 0 Å². The number of ether oxygens (including phenoxy) is 1. The zero-order valence-corrected chi connectivity index (χ0v) is 11.6. The van der Waals surface area contributed by atoms with Crippen molar-refractivity contribution >= 4 is 24.0 Å². The summed E-state index contributed by atoms with van der Waals surface area (Å²) in [6.45, 7) is 1.91. The van der Waals surface area contributed by atoms with Crippen LogP contribution < -0.4 is 10.6 Å². The van der Waals surface area contributed by atoms with E-state index in [9.17, 15) is 4.79 Å². The summed E-state index contributed by atoms with van der Waals surface area (Å²) in [6.07, 6.45) is 2.16. The van der Waals surface area contributed by atoms with E-state index in [4.69, 9.17) is 10.5 Å². The van der Waals surface area contributed by atoms with Crippen LogP contribution in [-0.2, 0) is 16.0 Å². The number of rotatable bonds is 1. The van der Waals surface area contributed by atoms with E-state index in [2.05, 4.69) is 6.07 Å². The Balaban J connectivity index is 0.00000133. The first-order valence-electron chi connectivity index (χ1n) is 6.47. The number of anilines is 1. The molecule has 0 radical (unpaired) electrons. The zero-order valence-electron chi connectivity index (χ0n) is 10.8. The molecule has 2 aliphatic rings. The Morgan fingerprint density at radius 3 is 2.68 bits per heavy atom. The number of nitrogens with two attached hydrogens (primary N) is 1. The topological polar surface area (TPSA) is 55.6 Å². The van der Waals surface area contributed by atoms with E-state index < -0.39 is 5.54 Å². The van der Waals surface area contributed by atoms with Gasteiger partial charge in [-0.25, -0.2) is 0 Å². The monoisotopic (exact) mass is 282 g/mol. The number of amides is 1. The van der Waals surface area contributed by atoms with Crippen molar-refractivity contribution < 1.29 is 9.53 Å². The first-order chi connectivity index (χ1) is 8.71. The number of carbonyl (C=O) groups is 1. The Morgan fingerprint density at radius 1 is 1.26 bits per heavy atom. The molecular formula is C14H19ClN2O2. The number of halogens is 1. The first-order valence-corrected chi connectivity index (χ1v) is 6.47. The normalized spacial score (nSPS) is 20.6. The maximum Gasteiger partial charge on any atom is 0.247 e.